The van der Waals surface area contributed by atoms with Crippen LogP contribution in [0, 0.1) is 52.3 Å². The zero-order valence-corrected chi connectivity index (χ0v) is 22.3. The molecule has 0 bridgehead atoms. The van der Waals surface area contributed by atoms with E-state index in [1.54, 1.807) is 0 Å². The van der Waals surface area contributed by atoms with E-state index in [9.17, 15) is 5.11 Å². The molecule has 2 unspecified atom stereocenters. The van der Waals surface area contributed by atoms with Crippen LogP contribution in [-0.4, -0.2) is 11.2 Å². The van der Waals surface area contributed by atoms with E-state index in [4.69, 9.17) is 0 Å². The summed E-state index contributed by atoms with van der Waals surface area (Å²) < 4.78 is 0. The van der Waals surface area contributed by atoms with Crippen molar-refractivity contribution in [2.24, 2.45) is 52.3 Å². The predicted octanol–water partition coefficient (Wildman–Crippen LogP) is 8.81. The molecule has 3 fully saturated rings. The molecule has 3 saturated carbocycles. The van der Waals surface area contributed by atoms with Gasteiger partial charge in [0.1, 0.15) is 0 Å². The maximum absolute atomic E-state index is 10.9. The van der Waals surface area contributed by atoms with Gasteiger partial charge < -0.3 is 5.11 Å². The van der Waals surface area contributed by atoms with Gasteiger partial charge in [0.05, 0.1) is 6.10 Å². The summed E-state index contributed by atoms with van der Waals surface area (Å²) in [4.78, 5) is 0. The molecule has 0 aromatic rings. The van der Waals surface area contributed by atoms with E-state index < -0.39 is 0 Å². The van der Waals surface area contributed by atoms with Crippen molar-refractivity contribution in [2.45, 2.75) is 131 Å². The van der Waals surface area contributed by atoms with Gasteiger partial charge >= 0.3 is 0 Å². The van der Waals surface area contributed by atoms with Crippen LogP contribution in [0.5, 0.6) is 0 Å². The lowest BCUT2D eigenvalue weighted by Crippen LogP contribution is -2.53. The van der Waals surface area contributed by atoms with Gasteiger partial charge in [-0.15, -0.1) is 0 Å². The number of hydrogen-bond acceptors (Lipinski definition) is 1. The second-order valence-electron chi connectivity index (χ2n) is 13.6. The summed E-state index contributed by atoms with van der Waals surface area (Å²) in [6.07, 6.45) is 20.0. The molecule has 0 aromatic heterocycles. The number of unbranched alkanes of at least 4 members (excludes halogenated alkanes) is 1. The number of aliphatic hydroxyl groups excluding tert-OH is 1. The Morgan fingerprint density at radius 3 is 2.38 bits per heavy atom. The molecule has 4 aliphatic rings. The second-order valence-corrected chi connectivity index (χ2v) is 13.6. The lowest BCUT2D eigenvalue weighted by atomic mass is 9.45. The van der Waals surface area contributed by atoms with Crippen molar-refractivity contribution in [1.82, 2.24) is 0 Å². The molecular weight excluding hydrogens is 388 g/mol. The van der Waals surface area contributed by atoms with Crippen LogP contribution in [0.4, 0.5) is 0 Å². The van der Waals surface area contributed by atoms with Gasteiger partial charge in [0, 0.05) is 0 Å². The van der Waals surface area contributed by atoms with Crippen molar-refractivity contribution in [2.75, 3.05) is 0 Å². The zero-order valence-electron chi connectivity index (χ0n) is 22.3. The largest absolute Gasteiger partial charge is 0.393 e. The van der Waals surface area contributed by atoms with Crippen molar-refractivity contribution in [3.63, 3.8) is 0 Å². The summed E-state index contributed by atoms with van der Waals surface area (Å²) in [5, 5.41) is 10.9. The molecule has 0 heterocycles. The van der Waals surface area contributed by atoms with E-state index in [0.29, 0.717) is 22.7 Å². The Kier molecular flexibility index (Phi) is 7.56. The molecule has 4 rings (SSSR count). The molecule has 0 amide bonds. The van der Waals surface area contributed by atoms with Gasteiger partial charge in [0.25, 0.3) is 0 Å². The molecule has 32 heavy (non-hydrogen) atoms. The minimum absolute atomic E-state index is 0.0500. The molecule has 4 aliphatic carbocycles. The molecule has 0 aliphatic heterocycles. The fraction of sp³-hybridized carbons (Fsp3) is 0.935. The van der Waals surface area contributed by atoms with Crippen LogP contribution in [0.2, 0.25) is 0 Å². The van der Waals surface area contributed by atoms with Crippen molar-refractivity contribution < 1.29 is 5.11 Å². The molecule has 0 saturated heterocycles. The van der Waals surface area contributed by atoms with Crippen LogP contribution in [0.1, 0.15) is 125 Å². The topological polar surface area (TPSA) is 20.2 Å². The van der Waals surface area contributed by atoms with Crippen molar-refractivity contribution in [3.8, 4) is 0 Å². The number of hydrogen-bond donors (Lipinski definition) is 1. The van der Waals surface area contributed by atoms with Gasteiger partial charge in [-0.1, -0.05) is 85.3 Å². The Labute approximate surface area is 200 Å². The highest BCUT2D eigenvalue weighted by molar-refractivity contribution is 5.28. The molecule has 1 heteroatoms. The maximum Gasteiger partial charge on any atom is 0.0571 e. The fourth-order valence-corrected chi connectivity index (χ4v) is 9.60. The highest BCUT2D eigenvalue weighted by Gasteiger charge is 2.59. The first kappa shape index (κ1) is 24.8. The summed E-state index contributed by atoms with van der Waals surface area (Å²) in [6, 6.07) is 0. The number of fused-ring (bicyclic) bond motifs is 5. The van der Waals surface area contributed by atoms with Gasteiger partial charge in [-0.2, -0.15) is 0 Å². The lowest BCUT2D eigenvalue weighted by molar-refractivity contribution is -0.0861. The van der Waals surface area contributed by atoms with Gasteiger partial charge in [-0.25, -0.2) is 0 Å². The van der Waals surface area contributed by atoms with E-state index >= 15 is 0 Å². The monoisotopic (exact) mass is 442 g/mol. The molecule has 1 nitrogen and oxygen atoms in total. The molecular formula is C31H54O. The molecule has 184 valence electrons. The fourth-order valence-electron chi connectivity index (χ4n) is 9.60. The molecule has 9 atom stereocenters. The van der Waals surface area contributed by atoms with Crippen molar-refractivity contribution >= 4 is 0 Å². The summed E-state index contributed by atoms with van der Waals surface area (Å²) in [7, 11) is 0. The molecule has 0 spiro atoms. The minimum atomic E-state index is -0.0500. The standard InChI is InChI=1S/C31H54O/c1-7-8-12-24-27-14-13-23-26-16-15-25(22(4)11-9-10-21(2)3)30(26,5)19-17-28(23)31(27,6)20-18-29(24)32/h13,21-22,24-29,32H,7-12,14-20H2,1-6H3/t22-,24?,25-,26+,27?,28+,29+,30-,31+/m1/s1. The quantitative estimate of drug-likeness (QED) is 0.372. The third-order valence-corrected chi connectivity index (χ3v) is 11.4. The average Bonchev–Trinajstić information content (AvgIpc) is 3.10. The molecule has 0 aromatic carbocycles. The van der Waals surface area contributed by atoms with Crippen molar-refractivity contribution in [3.05, 3.63) is 11.6 Å². The Balaban J connectivity index is 1.52. The Bertz CT molecular complexity index is 663. The number of rotatable bonds is 8. The van der Waals surface area contributed by atoms with Gasteiger partial charge in [0.15, 0.2) is 0 Å². The van der Waals surface area contributed by atoms with E-state index in [1.807, 2.05) is 5.57 Å². The number of allylic oxidation sites excluding steroid dienone is 2. The molecule has 0 radical (unpaired) electrons. The van der Waals surface area contributed by atoms with Crippen LogP contribution >= 0.6 is 0 Å². The Morgan fingerprint density at radius 2 is 1.66 bits per heavy atom. The van der Waals surface area contributed by atoms with Crippen LogP contribution in [0.3, 0.4) is 0 Å². The summed E-state index contributed by atoms with van der Waals surface area (Å²) in [6.45, 7) is 15.0. The number of aliphatic hydroxyl groups is 1. The van der Waals surface area contributed by atoms with Gasteiger partial charge in [0.2, 0.25) is 0 Å². The van der Waals surface area contributed by atoms with Crippen LogP contribution < -0.4 is 0 Å². The minimum Gasteiger partial charge on any atom is -0.393 e. The van der Waals surface area contributed by atoms with Crippen LogP contribution in [0.15, 0.2) is 11.6 Å². The van der Waals surface area contributed by atoms with Crippen LogP contribution in [-0.2, 0) is 0 Å². The van der Waals surface area contributed by atoms with Gasteiger partial charge in [-0.05, 0) is 104 Å². The maximum atomic E-state index is 10.9. The first-order chi connectivity index (χ1) is 15.2. The summed E-state index contributed by atoms with van der Waals surface area (Å²) in [5.74, 6) is 5.55. The summed E-state index contributed by atoms with van der Waals surface area (Å²) >= 11 is 0. The van der Waals surface area contributed by atoms with E-state index in [-0.39, 0.29) is 6.10 Å². The van der Waals surface area contributed by atoms with E-state index in [0.717, 1.165) is 36.0 Å². The lowest BCUT2D eigenvalue weighted by Gasteiger charge is -2.59. The summed E-state index contributed by atoms with van der Waals surface area (Å²) in [5.41, 5.74) is 2.86. The third-order valence-electron chi connectivity index (χ3n) is 11.4. The Morgan fingerprint density at radius 1 is 0.938 bits per heavy atom. The van der Waals surface area contributed by atoms with Crippen LogP contribution in [0.25, 0.3) is 0 Å². The normalized spacial score (nSPS) is 44.6. The predicted molar refractivity (Wildman–Crippen MR) is 137 cm³/mol. The van der Waals surface area contributed by atoms with E-state index in [2.05, 4.69) is 47.6 Å². The van der Waals surface area contributed by atoms with E-state index in [1.165, 1.54) is 77.0 Å². The average molecular weight is 443 g/mol. The van der Waals surface area contributed by atoms with Crippen molar-refractivity contribution in [1.29, 1.82) is 0 Å². The smallest absolute Gasteiger partial charge is 0.0571 e. The third kappa shape index (κ3) is 4.27. The highest BCUT2D eigenvalue weighted by Crippen LogP contribution is 2.67. The zero-order chi connectivity index (χ0) is 23.1. The highest BCUT2D eigenvalue weighted by atomic mass is 16.3. The molecule has 1 N–H and O–H groups in total. The first-order valence-corrected chi connectivity index (χ1v) is 14.6. The Hall–Kier alpha value is -0.300. The first-order valence-electron chi connectivity index (χ1n) is 14.6. The SMILES string of the molecule is CCCCC1C2CC=C3[C@@H]4CC[C@H]([C@H](C)CCCC(C)C)[C@@]4(C)CC[C@@H]3[C@@]2(C)CC[C@@H]1O. The second kappa shape index (κ2) is 9.75. The van der Waals surface area contributed by atoms with Gasteiger partial charge in [-0.3, -0.25) is 0 Å².